The summed E-state index contributed by atoms with van der Waals surface area (Å²) in [5.41, 5.74) is 2.16. The molecule has 0 spiro atoms. The van der Waals surface area contributed by atoms with Gasteiger partial charge in [-0.3, -0.25) is 9.59 Å². The summed E-state index contributed by atoms with van der Waals surface area (Å²) in [7, 11) is -3.41. The summed E-state index contributed by atoms with van der Waals surface area (Å²) in [6.45, 7) is 0. The first-order valence-corrected chi connectivity index (χ1v) is 9.85. The van der Waals surface area contributed by atoms with Crippen molar-refractivity contribution in [2.24, 2.45) is 0 Å². The van der Waals surface area contributed by atoms with E-state index < -0.39 is 9.84 Å². The largest absolute Gasteiger partial charge is 0.294 e. The van der Waals surface area contributed by atoms with E-state index in [0.29, 0.717) is 22.3 Å². The molecular weight excluding hydrogens is 336 g/mol. The molecule has 2 aromatic rings. The zero-order chi connectivity index (χ0) is 17.9. The molecule has 1 aliphatic heterocycles. The second kappa shape index (κ2) is 7.15. The van der Waals surface area contributed by atoms with Crippen LogP contribution in [0.3, 0.4) is 0 Å². The topological polar surface area (TPSA) is 68.3 Å². The number of rotatable bonds is 0. The van der Waals surface area contributed by atoms with Gasteiger partial charge in [0.1, 0.15) is 0 Å². The van der Waals surface area contributed by atoms with Crippen LogP contribution >= 0.6 is 0 Å². The fourth-order valence-electron chi connectivity index (χ4n) is 2.84. The maximum atomic E-state index is 12.5. The van der Waals surface area contributed by atoms with Gasteiger partial charge in [0.15, 0.2) is 21.4 Å². The molecule has 0 atom stereocenters. The van der Waals surface area contributed by atoms with Crippen LogP contribution in [0.4, 0.5) is 0 Å². The van der Waals surface area contributed by atoms with E-state index in [2.05, 4.69) is 0 Å². The third kappa shape index (κ3) is 4.51. The van der Waals surface area contributed by atoms with Gasteiger partial charge >= 0.3 is 0 Å². The van der Waals surface area contributed by atoms with E-state index in [4.69, 9.17) is 0 Å². The number of allylic oxidation sites excluding steroid dienone is 2. The summed E-state index contributed by atoms with van der Waals surface area (Å²) in [4.78, 5) is 24.4. The van der Waals surface area contributed by atoms with Crippen molar-refractivity contribution in [3.05, 3.63) is 82.9 Å². The van der Waals surface area contributed by atoms with Crippen molar-refractivity contribution in [2.75, 3.05) is 0 Å². The Hall–Kier alpha value is -2.53. The number of sulfone groups is 1. The maximum Gasteiger partial charge on any atom is 0.166 e. The van der Waals surface area contributed by atoms with E-state index in [1.54, 1.807) is 60.7 Å². The minimum absolute atomic E-state index is 0.0987. The van der Waals surface area contributed by atoms with Gasteiger partial charge in [-0.1, -0.05) is 48.6 Å². The van der Waals surface area contributed by atoms with Crippen molar-refractivity contribution in [3.63, 3.8) is 0 Å². The Labute approximate surface area is 147 Å². The van der Waals surface area contributed by atoms with Crippen molar-refractivity contribution >= 4 is 21.4 Å². The highest BCUT2D eigenvalue weighted by Gasteiger charge is 2.16. The van der Waals surface area contributed by atoms with Crippen LogP contribution in [0, 0.1) is 0 Å². The van der Waals surface area contributed by atoms with Gasteiger partial charge in [0.2, 0.25) is 0 Å². The summed E-state index contributed by atoms with van der Waals surface area (Å²) in [5.74, 6) is -0.471. The van der Waals surface area contributed by atoms with E-state index in [9.17, 15) is 18.0 Å². The van der Waals surface area contributed by atoms with Gasteiger partial charge in [-0.25, -0.2) is 8.42 Å². The van der Waals surface area contributed by atoms with Crippen LogP contribution in [0.25, 0.3) is 0 Å². The fourth-order valence-corrected chi connectivity index (χ4v) is 4.32. The SMILES string of the molecule is O=C1C/C=C/CC(=O)c2cccc(c2)CS(=O)(=O)Cc2cccc1c2. The van der Waals surface area contributed by atoms with Crippen LogP contribution < -0.4 is 0 Å². The van der Waals surface area contributed by atoms with Crippen LogP contribution in [0.1, 0.15) is 44.7 Å². The molecule has 1 aliphatic rings. The molecular formula is C20H18O4S. The molecule has 1 heterocycles. The minimum atomic E-state index is -3.41. The number of hydrogen-bond donors (Lipinski definition) is 0. The highest BCUT2D eigenvalue weighted by molar-refractivity contribution is 7.89. The number of carbonyl (C=O) groups excluding carboxylic acids is 2. The minimum Gasteiger partial charge on any atom is -0.294 e. The molecule has 0 amide bonds. The molecule has 0 fully saturated rings. The number of carbonyl (C=O) groups is 2. The molecule has 0 aromatic heterocycles. The first-order chi connectivity index (χ1) is 11.9. The van der Waals surface area contributed by atoms with Crippen LogP contribution in [0.2, 0.25) is 0 Å². The lowest BCUT2D eigenvalue weighted by molar-refractivity contribution is 0.0983. The predicted molar refractivity (Wildman–Crippen MR) is 96.2 cm³/mol. The van der Waals surface area contributed by atoms with Gasteiger partial charge in [0, 0.05) is 24.0 Å². The van der Waals surface area contributed by atoms with Crippen LogP contribution in [-0.4, -0.2) is 20.0 Å². The van der Waals surface area contributed by atoms with Gasteiger partial charge in [-0.05, 0) is 23.3 Å². The fraction of sp³-hybridized carbons (Fsp3) is 0.200. The summed E-state index contributed by atoms with van der Waals surface area (Å²) >= 11 is 0. The Bertz CT molecular complexity index is 884. The van der Waals surface area contributed by atoms with Gasteiger partial charge in [-0.2, -0.15) is 0 Å². The third-order valence-electron chi connectivity index (χ3n) is 4.04. The van der Waals surface area contributed by atoms with Crippen molar-refractivity contribution in [2.45, 2.75) is 24.3 Å². The zero-order valence-electron chi connectivity index (χ0n) is 13.6. The second-order valence-corrected chi connectivity index (χ2v) is 8.22. The van der Waals surface area contributed by atoms with Crippen LogP contribution in [-0.2, 0) is 21.3 Å². The molecule has 0 saturated heterocycles. The summed E-state index contributed by atoms with van der Waals surface area (Å²) in [5, 5.41) is 0. The Balaban J connectivity index is 2.01. The van der Waals surface area contributed by atoms with Crippen molar-refractivity contribution < 1.29 is 18.0 Å². The molecule has 4 bridgehead atoms. The normalized spacial score (nSPS) is 18.9. The molecule has 2 aromatic carbocycles. The van der Waals surface area contributed by atoms with E-state index >= 15 is 0 Å². The highest BCUT2D eigenvalue weighted by atomic mass is 32.2. The van der Waals surface area contributed by atoms with Crippen molar-refractivity contribution in [3.8, 4) is 0 Å². The lowest BCUT2D eigenvalue weighted by Crippen LogP contribution is -2.09. The lowest BCUT2D eigenvalue weighted by Gasteiger charge is -2.07. The Morgan fingerprint density at radius 1 is 0.680 bits per heavy atom. The number of hydrogen-bond acceptors (Lipinski definition) is 4. The monoisotopic (exact) mass is 354 g/mol. The van der Waals surface area contributed by atoms with E-state index in [1.807, 2.05) is 0 Å². The molecule has 0 aliphatic carbocycles. The molecule has 0 saturated carbocycles. The Morgan fingerprint density at radius 2 is 1.12 bits per heavy atom. The lowest BCUT2D eigenvalue weighted by atomic mass is 10.0. The zero-order valence-corrected chi connectivity index (χ0v) is 14.5. The van der Waals surface area contributed by atoms with Gasteiger partial charge in [0.05, 0.1) is 11.5 Å². The van der Waals surface area contributed by atoms with E-state index in [1.165, 1.54) is 0 Å². The smallest absolute Gasteiger partial charge is 0.166 e. The molecule has 25 heavy (non-hydrogen) atoms. The average molecular weight is 354 g/mol. The standard InChI is InChI=1S/C20H18O4S/c21-19-9-1-2-10-20(22)18-8-4-6-16(12-18)14-25(23,24)13-15-5-3-7-17(19)11-15/h1-8,11-12H,9-10,13-14H2/b2-1+. The maximum absolute atomic E-state index is 12.5. The predicted octanol–water partition coefficient (Wildman–Crippen LogP) is 3.52. The quantitative estimate of drug-likeness (QED) is 0.679. The molecule has 0 unspecified atom stereocenters. The molecule has 0 N–H and O–H groups in total. The first-order valence-electron chi connectivity index (χ1n) is 8.03. The van der Waals surface area contributed by atoms with Gasteiger partial charge < -0.3 is 0 Å². The average Bonchev–Trinajstić information content (AvgIpc) is 2.57. The van der Waals surface area contributed by atoms with Crippen molar-refractivity contribution in [1.29, 1.82) is 0 Å². The van der Waals surface area contributed by atoms with Gasteiger partial charge in [-0.15, -0.1) is 0 Å². The number of benzene rings is 2. The molecule has 128 valence electrons. The van der Waals surface area contributed by atoms with Crippen molar-refractivity contribution in [1.82, 2.24) is 0 Å². The molecule has 3 rings (SSSR count). The summed E-state index contributed by atoms with van der Waals surface area (Å²) in [6, 6.07) is 13.4. The second-order valence-electron chi connectivity index (χ2n) is 6.16. The summed E-state index contributed by atoms with van der Waals surface area (Å²) in [6.07, 6.45) is 3.74. The molecule has 5 heteroatoms. The highest BCUT2D eigenvalue weighted by Crippen LogP contribution is 2.17. The van der Waals surface area contributed by atoms with E-state index in [-0.39, 0.29) is 35.9 Å². The number of fused-ring (bicyclic) bond motifs is 4. The molecule has 4 nitrogen and oxygen atoms in total. The Morgan fingerprint density at radius 3 is 1.56 bits per heavy atom. The molecule has 0 radical (unpaired) electrons. The van der Waals surface area contributed by atoms with E-state index in [0.717, 1.165) is 0 Å². The number of ketones is 2. The van der Waals surface area contributed by atoms with Gasteiger partial charge in [0.25, 0.3) is 0 Å². The Kier molecular flexibility index (Phi) is 4.95. The number of Topliss-reactive ketones (excluding diaryl/α,β-unsaturated/α-hetero) is 2. The first kappa shape index (κ1) is 17.3. The summed E-state index contributed by atoms with van der Waals surface area (Å²) < 4.78 is 25.0. The van der Waals surface area contributed by atoms with Crippen LogP contribution in [0.5, 0.6) is 0 Å². The van der Waals surface area contributed by atoms with Crippen LogP contribution in [0.15, 0.2) is 60.7 Å². The third-order valence-corrected chi connectivity index (χ3v) is 5.59.